The van der Waals surface area contributed by atoms with Crippen molar-refractivity contribution < 1.29 is 9.59 Å². The molecule has 0 spiro atoms. The average molecular weight is 402 g/mol. The zero-order valence-corrected chi connectivity index (χ0v) is 17.1. The van der Waals surface area contributed by atoms with Gasteiger partial charge < -0.3 is 9.80 Å². The first-order valence-electron chi connectivity index (χ1n) is 10.3. The number of hydrogen-bond donors (Lipinski definition) is 0. The number of aromatic nitrogens is 2. The van der Waals surface area contributed by atoms with Crippen LogP contribution in [0.5, 0.6) is 0 Å². The lowest BCUT2D eigenvalue weighted by molar-refractivity contribution is -0.147. The SMILES string of the molecule is CN(Cc1cnn(-c2ccccc2)c1)C(=O)C(c1ccccc1)N1CCCCC1=O. The van der Waals surface area contributed by atoms with E-state index in [9.17, 15) is 9.59 Å². The van der Waals surface area contributed by atoms with E-state index in [0.717, 1.165) is 29.7 Å². The van der Waals surface area contributed by atoms with Gasteiger partial charge in [-0.25, -0.2) is 4.68 Å². The number of likely N-dealkylation sites (tertiary alicyclic amines) is 1. The standard InChI is InChI=1S/C24H26N4O2/c1-26(17-19-16-25-28(18-19)21-12-6-3-7-13-21)24(30)23(20-10-4-2-5-11-20)27-15-9-8-14-22(27)29/h2-7,10-13,16,18,23H,8-9,14-15,17H2,1H3. The summed E-state index contributed by atoms with van der Waals surface area (Å²) in [5, 5.41) is 4.42. The van der Waals surface area contributed by atoms with Gasteiger partial charge in [0.05, 0.1) is 11.9 Å². The van der Waals surface area contributed by atoms with Gasteiger partial charge in [0, 0.05) is 38.3 Å². The van der Waals surface area contributed by atoms with E-state index in [1.54, 1.807) is 27.7 Å². The molecule has 2 heterocycles. The summed E-state index contributed by atoms with van der Waals surface area (Å²) in [5.74, 6) is -0.0299. The number of para-hydroxylation sites is 1. The summed E-state index contributed by atoms with van der Waals surface area (Å²) in [6.07, 6.45) is 6.03. The number of likely N-dealkylation sites (N-methyl/N-ethyl adjacent to an activating group) is 1. The molecule has 1 aliphatic heterocycles. The van der Waals surface area contributed by atoms with Gasteiger partial charge in [-0.1, -0.05) is 48.5 Å². The fourth-order valence-corrected chi connectivity index (χ4v) is 3.92. The molecule has 0 N–H and O–H groups in total. The molecule has 1 unspecified atom stereocenters. The maximum Gasteiger partial charge on any atom is 0.250 e. The second-order valence-electron chi connectivity index (χ2n) is 7.68. The van der Waals surface area contributed by atoms with Crippen LogP contribution in [0.15, 0.2) is 73.1 Å². The fraction of sp³-hybridized carbons (Fsp3) is 0.292. The Morgan fingerprint density at radius 2 is 1.77 bits per heavy atom. The topological polar surface area (TPSA) is 58.4 Å². The van der Waals surface area contributed by atoms with Crippen molar-refractivity contribution in [3.63, 3.8) is 0 Å². The van der Waals surface area contributed by atoms with E-state index in [2.05, 4.69) is 5.10 Å². The monoisotopic (exact) mass is 402 g/mol. The van der Waals surface area contributed by atoms with E-state index in [1.807, 2.05) is 66.9 Å². The third-order valence-corrected chi connectivity index (χ3v) is 5.47. The van der Waals surface area contributed by atoms with Gasteiger partial charge in [-0.2, -0.15) is 5.10 Å². The average Bonchev–Trinajstić information content (AvgIpc) is 3.25. The van der Waals surface area contributed by atoms with Crippen LogP contribution in [0.4, 0.5) is 0 Å². The van der Waals surface area contributed by atoms with Crippen molar-refractivity contribution in [2.24, 2.45) is 0 Å². The van der Waals surface area contributed by atoms with Gasteiger partial charge in [0.1, 0.15) is 6.04 Å². The fourth-order valence-electron chi connectivity index (χ4n) is 3.92. The van der Waals surface area contributed by atoms with Crippen LogP contribution in [-0.2, 0) is 16.1 Å². The highest BCUT2D eigenvalue weighted by molar-refractivity contribution is 5.89. The molecule has 0 saturated carbocycles. The van der Waals surface area contributed by atoms with E-state index in [-0.39, 0.29) is 11.8 Å². The quantitative estimate of drug-likeness (QED) is 0.633. The smallest absolute Gasteiger partial charge is 0.250 e. The summed E-state index contributed by atoms with van der Waals surface area (Å²) in [6.45, 7) is 1.04. The van der Waals surface area contributed by atoms with Crippen molar-refractivity contribution >= 4 is 11.8 Å². The van der Waals surface area contributed by atoms with E-state index in [0.29, 0.717) is 19.5 Å². The van der Waals surface area contributed by atoms with Gasteiger partial charge in [0.25, 0.3) is 0 Å². The number of carbonyl (C=O) groups is 2. The van der Waals surface area contributed by atoms with Crippen LogP contribution < -0.4 is 0 Å². The number of amides is 2. The molecule has 2 amide bonds. The van der Waals surface area contributed by atoms with Crippen molar-refractivity contribution in [3.05, 3.63) is 84.2 Å². The molecule has 1 fully saturated rings. The first-order valence-corrected chi connectivity index (χ1v) is 10.3. The Balaban J connectivity index is 1.54. The molecule has 154 valence electrons. The van der Waals surface area contributed by atoms with Gasteiger partial charge >= 0.3 is 0 Å². The van der Waals surface area contributed by atoms with E-state index < -0.39 is 6.04 Å². The number of rotatable bonds is 6. The van der Waals surface area contributed by atoms with Crippen molar-refractivity contribution in [1.29, 1.82) is 0 Å². The zero-order valence-electron chi connectivity index (χ0n) is 17.1. The molecule has 4 rings (SSSR count). The molecule has 30 heavy (non-hydrogen) atoms. The summed E-state index contributed by atoms with van der Waals surface area (Å²) in [7, 11) is 1.78. The molecule has 0 bridgehead atoms. The second-order valence-corrected chi connectivity index (χ2v) is 7.68. The molecule has 0 aliphatic carbocycles. The van der Waals surface area contributed by atoms with E-state index in [4.69, 9.17) is 0 Å². The molecule has 1 aromatic heterocycles. The van der Waals surface area contributed by atoms with Gasteiger partial charge in [0.2, 0.25) is 11.8 Å². The Kier molecular flexibility index (Phi) is 5.93. The third-order valence-electron chi connectivity index (χ3n) is 5.47. The first kappa shape index (κ1) is 19.9. The molecular weight excluding hydrogens is 376 g/mol. The van der Waals surface area contributed by atoms with E-state index in [1.165, 1.54) is 0 Å². The minimum absolute atomic E-state index is 0.0498. The lowest BCUT2D eigenvalue weighted by Crippen LogP contribution is -2.46. The maximum atomic E-state index is 13.5. The minimum Gasteiger partial charge on any atom is -0.339 e. The zero-order chi connectivity index (χ0) is 20.9. The molecule has 2 aromatic carbocycles. The van der Waals surface area contributed by atoms with E-state index >= 15 is 0 Å². The number of hydrogen-bond acceptors (Lipinski definition) is 3. The van der Waals surface area contributed by atoms with Gasteiger partial charge in [0.15, 0.2) is 0 Å². The molecule has 1 atom stereocenters. The van der Waals surface area contributed by atoms with Crippen molar-refractivity contribution in [3.8, 4) is 5.69 Å². The van der Waals surface area contributed by atoms with Crippen molar-refractivity contribution in [1.82, 2.24) is 19.6 Å². The first-order chi connectivity index (χ1) is 14.6. The maximum absolute atomic E-state index is 13.5. The lowest BCUT2D eigenvalue weighted by Gasteiger charge is -2.36. The summed E-state index contributed by atoms with van der Waals surface area (Å²) >= 11 is 0. The van der Waals surface area contributed by atoms with Gasteiger partial charge in [-0.05, 0) is 30.5 Å². The van der Waals surface area contributed by atoms with Crippen molar-refractivity contribution in [2.75, 3.05) is 13.6 Å². The molecule has 1 saturated heterocycles. The second kappa shape index (κ2) is 8.95. The predicted molar refractivity (Wildman–Crippen MR) is 115 cm³/mol. The summed E-state index contributed by atoms with van der Waals surface area (Å²) in [5.41, 5.74) is 2.76. The van der Waals surface area contributed by atoms with Crippen LogP contribution in [0.25, 0.3) is 5.69 Å². The summed E-state index contributed by atoms with van der Waals surface area (Å²) in [4.78, 5) is 29.5. The highest BCUT2D eigenvalue weighted by Crippen LogP contribution is 2.27. The predicted octanol–water partition coefficient (Wildman–Crippen LogP) is 3.58. The highest BCUT2D eigenvalue weighted by Gasteiger charge is 2.34. The van der Waals surface area contributed by atoms with Crippen LogP contribution in [-0.4, -0.2) is 45.0 Å². The summed E-state index contributed by atoms with van der Waals surface area (Å²) < 4.78 is 1.80. The molecule has 0 radical (unpaired) electrons. The lowest BCUT2D eigenvalue weighted by atomic mass is 10.00. The van der Waals surface area contributed by atoms with Gasteiger partial charge in [-0.3, -0.25) is 9.59 Å². The Labute approximate surface area is 176 Å². The number of carbonyl (C=O) groups excluding carboxylic acids is 2. The summed E-state index contributed by atoms with van der Waals surface area (Å²) in [6, 6.07) is 18.9. The Hall–Kier alpha value is -3.41. The highest BCUT2D eigenvalue weighted by atomic mass is 16.2. The number of benzene rings is 2. The number of piperidine rings is 1. The molecule has 1 aliphatic rings. The van der Waals surface area contributed by atoms with Crippen molar-refractivity contribution in [2.45, 2.75) is 31.8 Å². The molecule has 3 aromatic rings. The normalized spacial score (nSPS) is 15.1. The van der Waals surface area contributed by atoms with Crippen LogP contribution in [0.3, 0.4) is 0 Å². The van der Waals surface area contributed by atoms with Crippen LogP contribution >= 0.6 is 0 Å². The Bertz CT molecular complexity index is 1000. The third kappa shape index (κ3) is 4.27. The number of nitrogens with zero attached hydrogens (tertiary/aromatic N) is 4. The minimum atomic E-state index is -0.590. The van der Waals surface area contributed by atoms with Crippen LogP contribution in [0, 0.1) is 0 Å². The van der Waals surface area contributed by atoms with Crippen LogP contribution in [0.2, 0.25) is 0 Å². The largest absolute Gasteiger partial charge is 0.339 e. The Morgan fingerprint density at radius 1 is 1.07 bits per heavy atom. The molecular formula is C24H26N4O2. The van der Waals surface area contributed by atoms with Gasteiger partial charge in [-0.15, -0.1) is 0 Å². The molecule has 6 nitrogen and oxygen atoms in total. The Morgan fingerprint density at radius 3 is 2.47 bits per heavy atom. The van der Waals surface area contributed by atoms with Crippen LogP contribution in [0.1, 0.15) is 36.4 Å². The molecule has 6 heteroatoms.